The van der Waals surface area contributed by atoms with Crippen LogP contribution in [0.4, 0.5) is 0 Å². The second-order valence-electron chi connectivity index (χ2n) is 5.44. The van der Waals surface area contributed by atoms with Gasteiger partial charge in [-0.05, 0) is 55.2 Å². The number of ketones is 1. The Morgan fingerprint density at radius 3 is 2.71 bits per heavy atom. The van der Waals surface area contributed by atoms with Crippen molar-refractivity contribution in [3.05, 3.63) is 70.3 Å². The van der Waals surface area contributed by atoms with Crippen LogP contribution in [0, 0.1) is 6.92 Å². The lowest BCUT2D eigenvalue weighted by Crippen LogP contribution is -2.14. The van der Waals surface area contributed by atoms with Crippen molar-refractivity contribution < 1.29 is 9.53 Å². The van der Waals surface area contributed by atoms with Crippen molar-refractivity contribution in [3.63, 3.8) is 0 Å². The van der Waals surface area contributed by atoms with Gasteiger partial charge in [-0.3, -0.25) is 4.79 Å². The van der Waals surface area contributed by atoms with Crippen molar-refractivity contribution in [1.82, 2.24) is 0 Å². The molecule has 0 saturated heterocycles. The summed E-state index contributed by atoms with van der Waals surface area (Å²) in [6, 6.07) is 13.9. The maximum absolute atomic E-state index is 12.6. The van der Waals surface area contributed by atoms with Gasteiger partial charge in [-0.1, -0.05) is 29.8 Å². The molecular formula is C19H18O2. The predicted octanol–water partition coefficient (Wildman–Crippen LogP) is 4.22. The molecule has 0 radical (unpaired) electrons. The minimum Gasteiger partial charge on any atom is -0.497 e. The number of Topliss-reactive ketones (excluding diaryl/α,β-unsaturated/α-hetero) is 1. The first-order valence-electron chi connectivity index (χ1n) is 7.16. The normalized spacial score (nSPS) is 15.9. The van der Waals surface area contributed by atoms with Crippen LogP contribution in [0.2, 0.25) is 0 Å². The molecule has 0 unspecified atom stereocenters. The van der Waals surface area contributed by atoms with Gasteiger partial charge in [-0.2, -0.15) is 0 Å². The Morgan fingerprint density at radius 2 is 1.95 bits per heavy atom. The van der Waals surface area contributed by atoms with Crippen LogP contribution in [0.3, 0.4) is 0 Å². The number of carbonyl (C=O) groups is 1. The SMILES string of the molecule is COc1ccc2c(c1)CCC(=Cc1cccc(C)c1)C2=O. The Balaban J connectivity index is 1.95. The third kappa shape index (κ3) is 2.75. The number of aryl methyl sites for hydroxylation is 2. The van der Waals surface area contributed by atoms with Crippen LogP contribution in [-0.4, -0.2) is 12.9 Å². The van der Waals surface area contributed by atoms with E-state index >= 15 is 0 Å². The van der Waals surface area contributed by atoms with Crippen LogP contribution >= 0.6 is 0 Å². The van der Waals surface area contributed by atoms with Gasteiger partial charge in [0, 0.05) is 11.1 Å². The van der Waals surface area contributed by atoms with Gasteiger partial charge in [-0.15, -0.1) is 0 Å². The Labute approximate surface area is 125 Å². The third-order valence-electron chi connectivity index (χ3n) is 3.90. The topological polar surface area (TPSA) is 26.3 Å². The van der Waals surface area contributed by atoms with Crippen molar-refractivity contribution in [2.75, 3.05) is 7.11 Å². The number of ether oxygens (including phenoxy) is 1. The number of methoxy groups -OCH3 is 1. The fourth-order valence-electron chi connectivity index (χ4n) is 2.78. The molecule has 1 aliphatic rings. The summed E-state index contributed by atoms with van der Waals surface area (Å²) >= 11 is 0. The number of allylic oxidation sites excluding steroid dienone is 1. The number of carbonyl (C=O) groups excluding carboxylic acids is 1. The largest absolute Gasteiger partial charge is 0.497 e. The highest BCUT2D eigenvalue weighted by Crippen LogP contribution is 2.29. The van der Waals surface area contributed by atoms with Crippen LogP contribution in [0.25, 0.3) is 6.08 Å². The molecule has 0 amide bonds. The van der Waals surface area contributed by atoms with Crippen LogP contribution in [-0.2, 0) is 6.42 Å². The monoisotopic (exact) mass is 278 g/mol. The molecule has 0 atom stereocenters. The second-order valence-corrected chi connectivity index (χ2v) is 5.44. The van der Waals surface area contributed by atoms with E-state index in [1.54, 1.807) is 7.11 Å². The van der Waals surface area contributed by atoms with E-state index in [1.807, 2.05) is 36.4 Å². The van der Waals surface area contributed by atoms with E-state index in [4.69, 9.17) is 4.74 Å². The van der Waals surface area contributed by atoms with E-state index in [1.165, 1.54) is 5.56 Å². The molecule has 0 saturated carbocycles. The van der Waals surface area contributed by atoms with Gasteiger partial charge in [0.05, 0.1) is 7.11 Å². The highest BCUT2D eigenvalue weighted by molar-refractivity contribution is 6.13. The molecular weight excluding hydrogens is 260 g/mol. The summed E-state index contributed by atoms with van der Waals surface area (Å²) in [4.78, 5) is 12.6. The smallest absolute Gasteiger partial charge is 0.189 e. The summed E-state index contributed by atoms with van der Waals surface area (Å²) in [6.45, 7) is 2.06. The van der Waals surface area contributed by atoms with E-state index in [9.17, 15) is 4.79 Å². The molecule has 1 aliphatic carbocycles. The Bertz CT molecular complexity index is 726. The lowest BCUT2D eigenvalue weighted by atomic mass is 9.86. The number of rotatable bonds is 2. The molecule has 0 fully saturated rings. The van der Waals surface area contributed by atoms with Crippen molar-refractivity contribution in [2.45, 2.75) is 19.8 Å². The molecule has 2 nitrogen and oxygen atoms in total. The molecule has 21 heavy (non-hydrogen) atoms. The minimum atomic E-state index is 0.139. The molecule has 0 spiro atoms. The second kappa shape index (κ2) is 5.57. The summed E-state index contributed by atoms with van der Waals surface area (Å²) in [6.07, 6.45) is 3.69. The molecule has 2 aromatic rings. The van der Waals surface area contributed by atoms with E-state index < -0.39 is 0 Å². The number of fused-ring (bicyclic) bond motifs is 1. The Kier molecular flexibility index (Phi) is 3.61. The fraction of sp³-hybridized carbons (Fsp3) is 0.211. The Morgan fingerprint density at radius 1 is 1.10 bits per heavy atom. The molecule has 0 heterocycles. The zero-order chi connectivity index (χ0) is 14.8. The van der Waals surface area contributed by atoms with Gasteiger partial charge in [0.2, 0.25) is 0 Å². The lowest BCUT2D eigenvalue weighted by molar-refractivity contribution is 0.102. The van der Waals surface area contributed by atoms with E-state index in [2.05, 4.69) is 19.1 Å². The molecule has 0 aromatic heterocycles. The first-order chi connectivity index (χ1) is 10.2. The summed E-state index contributed by atoms with van der Waals surface area (Å²) in [5, 5.41) is 0. The summed E-state index contributed by atoms with van der Waals surface area (Å²) in [5.74, 6) is 0.952. The van der Waals surface area contributed by atoms with Crippen molar-refractivity contribution in [3.8, 4) is 5.75 Å². The predicted molar refractivity (Wildman–Crippen MR) is 84.8 cm³/mol. The summed E-state index contributed by atoms with van der Waals surface area (Å²) in [5.41, 5.74) is 5.08. The van der Waals surface area contributed by atoms with E-state index in [0.717, 1.165) is 40.9 Å². The van der Waals surface area contributed by atoms with Crippen LogP contribution < -0.4 is 4.74 Å². The number of hydrogen-bond donors (Lipinski definition) is 0. The zero-order valence-corrected chi connectivity index (χ0v) is 12.3. The highest BCUT2D eigenvalue weighted by Gasteiger charge is 2.22. The lowest BCUT2D eigenvalue weighted by Gasteiger charge is -2.18. The summed E-state index contributed by atoms with van der Waals surface area (Å²) in [7, 11) is 1.65. The number of benzene rings is 2. The van der Waals surface area contributed by atoms with Crippen molar-refractivity contribution in [1.29, 1.82) is 0 Å². The quantitative estimate of drug-likeness (QED) is 0.769. The van der Waals surface area contributed by atoms with Gasteiger partial charge in [0.25, 0.3) is 0 Å². The summed E-state index contributed by atoms with van der Waals surface area (Å²) < 4.78 is 5.23. The first kappa shape index (κ1) is 13.6. The van der Waals surface area contributed by atoms with Crippen molar-refractivity contribution >= 4 is 11.9 Å². The van der Waals surface area contributed by atoms with Crippen LogP contribution in [0.5, 0.6) is 5.75 Å². The van der Waals surface area contributed by atoms with Gasteiger partial charge in [0.15, 0.2) is 5.78 Å². The van der Waals surface area contributed by atoms with Crippen molar-refractivity contribution in [2.24, 2.45) is 0 Å². The minimum absolute atomic E-state index is 0.139. The Hall–Kier alpha value is -2.35. The van der Waals surface area contributed by atoms with Gasteiger partial charge < -0.3 is 4.74 Å². The van der Waals surface area contributed by atoms with Crippen LogP contribution in [0.15, 0.2) is 48.0 Å². The zero-order valence-electron chi connectivity index (χ0n) is 12.3. The number of hydrogen-bond acceptors (Lipinski definition) is 2. The molecule has 2 aromatic carbocycles. The average Bonchev–Trinajstić information content (AvgIpc) is 2.50. The van der Waals surface area contributed by atoms with E-state index in [-0.39, 0.29) is 5.78 Å². The maximum atomic E-state index is 12.6. The fourth-order valence-corrected chi connectivity index (χ4v) is 2.78. The molecule has 0 bridgehead atoms. The molecule has 106 valence electrons. The van der Waals surface area contributed by atoms with E-state index in [0.29, 0.717) is 0 Å². The molecule has 2 heteroatoms. The molecule has 0 aliphatic heterocycles. The van der Waals surface area contributed by atoms with Crippen LogP contribution in [0.1, 0.15) is 33.5 Å². The molecule has 3 rings (SSSR count). The average molecular weight is 278 g/mol. The van der Waals surface area contributed by atoms with Gasteiger partial charge >= 0.3 is 0 Å². The maximum Gasteiger partial charge on any atom is 0.189 e. The highest BCUT2D eigenvalue weighted by atomic mass is 16.5. The molecule has 0 N–H and O–H groups in total. The van der Waals surface area contributed by atoms with Gasteiger partial charge in [-0.25, -0.2) is 0 Å². The van der Waals surface area contributed by atoms with Gasteiger partial charge in [0.1, 0.15) is 5.75 Å². The standard InChI is InChI=1S/C19H18O2/c1-13-4-3-5-14(10-13)11-16-7-6-15-12-17(21-2)8-9-18(15)19(16)20/h3-5,8-12H,6-7H2,1-2H3. The third-order valence-corrected chi connectivity index (χ3v) is 3.90. The first-order valence-corrected chi connectivity index (χ1v) is 7.16.